The topological polar surface area (TPSA) is 83.1 Å². The van der Waals surface area contributed by atoms with Crippen molar-refractivity contribution >= 4 is 17.8 Å². The number of para-hydroxylation sites is 2. The zero-order valence-electron chi connectivity index (χ0n) is 20.3. The number of amides is 3. The fraction of sp³-hybridized carbons (Fsp3) is 0.440. The minimum Gasteiger partial charge on any atom is -0.482 e. The number of cyclic esters (lactones) is 1. The molecule has 38 heavy (non-hydrogen) atoms. The van der Waals surface area contributed by atoms with Gasteiger partial charge >= 0.3 is 18.3 Å². The summed E-state index contributed by atoms with van der Waals surface area (Å²) < 4.78 is 74.5. The Morgan fingerprint density at radius 1 is 1.05 bits per heavy atom. The normalized spacial score (nSPS) is 18.4. The molecular formula is C25H27F5N4O4. The van der Waals surface area contributed by atoms with Gasteiger partial charge in [0.1, 0.15) is 18.4 Å². The maximum absolute atomic E-state index is 13.6. The van der Waals surface area contributed by atoms with E-state index >= 15 is 0 Å². The van der Waals surface area contributed by atoms with Crippen LogP contribution in [0.1, 0.15) is 24.4 Å². The summed E-state index contributed by atoms with van der Waals surface area (Å²) in [4.78, 5) is 27.5. The molecule has 0 aromatic heterocycles. The monoisotopic (exact) mass is 542 g/mol. The fourth-order valence-electron chi connectivity index (χ4n) is 4.47. The highest BCUT2D eigenvalue weighted by atomic mass is 19.4. The van der Waals surface area contributed by atoms with E-state index in [1.54, 1.807) is 18.2 Å². The Hall–Kier alpha value is -3.61. The summed E-state index contributed by atoms with van der Waals surface area (Å²) >= 11 is 0. The van der Waals surface area contributed by atoms with Crippen molar-refractivity contribution in [3.05, 3.63) is 59.7 Å². The summed E-state index contributed by atoms with van der Waals surface area (Å²) in [6.45, 7) is 0.280. The van der Waals surface area contributed by atoms with Crippen LogP contribution in [-0.4, -0.2) is 68.6 Å². The molecule has 8 nitrogen and oxygen atoms in total. The van der Waals surface area contributed by atoms with Crippen LogP contribution in [0.3, 0.4) is 0 Å². The van der Waals surface area contributed by atoms with E-state index in [4.69, 9.17) is 9.47 Å². The van der Waals surface area contributed by atoms with E-state index in [0.717, 1.165) is 29.9 Å². The molecular weight excluding hydrogens is 515 g/mol. The van der Waals surface area contributed by atoms with Crippen molar-refractivity contribution in [2.75, 3.05) is 44.3 Å². The van der Waals surface area contributed by atoms with Gasteiger partial charge in [-0.05, 0) is 42.7 Å². The number of benzene rings is 2. The maximum atomic E-state index is 13.6. The molecule has 0 spiro atoms. The lowest BCUT2D eigenvalue weighted by Gasteiger charge is -2.35. The van der Waals surface area contributed by atoms with Crippen LogP contribution < -0.4 is 20.3 Å². The number of alkyl halides is 3. The van der Waals surface area contributed by atoms with E-state index in [9.17, 15) is 31.5 Å². The first-order valence-corrected chi connectivity index (χ1v) is 12.1. The van der Waals surface area contributed by atoms with E-state index < -0.39 is 42.6 Å². The van der Waals surface area contributed by atoms with Crippen molar-refractivity contribution in [3.63, 3.8) is 0 Å². The molecule has 0 saturated carbocycles. The van der Waals surface area contributed by atoms with Crippen LogP contribution in [0.5, 0.6) is 5.75 Å². The molecule has 3 amide bonds. The Bertz CT molecular complexity index is 1140. The largest absolute Gasteiger partial charge is 0.482 e. The number of carbonyl (C=O) groups is 2. The molecule has 2 saturated heterocycles. The predicted octanol–water partition coefficient (Wildman–Crippen LogP) is 4.37. The molecule has 0 aliphatic carbocycles. The second kappa shape index (κ2) is 11.8. The van der Waals surface area contributed by atoms with Gasteiger partial charge in [0.05, 0.1) is 5.69 Å². The number of imide groups is 1. The van der Waals surface area contributed by atoms with E-state index in [-0.39, 0.29) is 30.5 Å². The van der Waals surface area contributed by atoms with Crippen molar-refractivity contribution in [3.8, 4) is 5.75 Å². The molecule has 2 fully saturated rings. The molecule has 2 heterocycles. The van der Waals surface area contributed by atoms with Crippen LogP contribution in [0.25, 0.3) is 0 Å². The summed E-state index contributed by atoms with van der Waals surface area (Å²) in [5.41, 5.74) is 0.843. The Labute approximate surface area is 215 Å². The highest BCUT2D eigenvalue weighted by Crippen LogP contribution is 2.32. The maximum Gasteiger partial charge on any atom is 0.422 e. The molecule has 206 valence electrons. The lowest BCUT2D eigenvalue weighted by molar-refractivity contribution is -0.153. The van der Waals surface area contributed by atoms with E-state index in [1.807, 2.05) is 4.90 Å². The van der Waals surface area contributed by atoms with Crippen molar-refractivity contribution in [2.45, 2.75) is 31.1 Å². The molecule has 13 heteroatoms. The molecule has 2 aliphatic rings. The standard InChI is InChI=1S/C25H27F5N4O4/c26-18-6-5-16(13-19(18)27)21-14-37-24(36)34(21)23(35)32-10-9-31-17-7-11-33(12-8-17)20-3-1-2-4-22(20)38-15-25(28,29)30/h1-6,13,17,21,31H,7-12,14-15H2,(H,32,35)/t21-/m1/s1. The van der Waals surface area contributed by atoms with Gasteiger partial charge in [-0.1, -0.05) is 18.2 Å². The third-order valence-electron chi connectivity index (χ3n) is 6.35. The molecule has 2 aromatic carbocycles. The first-order chi connectivity index (χ1) is 18.1. The average molecular weight is 543 g/mol. The number of halogens is 5. The lowest BCUT2D eigenvalue weighted by atomic mass is 10.0. The van der Waals surface area contributed by atoms with Gasteiger partial charge in [-0.2, -0.15) is 13.2 Å². The Morgan fingerprint density at radius 3 is 2.50 bits per heavy atom. The number of anilines is 1. The van der Waals surface area contributed by atoms with E-state index in [0.29, 0.717) is 25.3 Å². The molecule has 0 unspecified atom stereocenters. The van der Waals surface area contributed by atoms with Gasteiger partial charge in [0.2, 0.25) is 0 Å². The number of hydrogen-bond acceptors (Lipinski definition) is 6. The Balaban J connectivity index is 1.22. The second-order valence-electron chi connectivity index (χ2n) is 8.96. The summed E-state index contributed by atoms with van der Waals surface area (Å²) in [5, 5.41) is 5.95. The zero-order chi connectivity index (χ0) is 27.3. The second-order valence-corrected chi connectivity index (χ2v) is 8.96. The van der Waals surface area contributed by atoms with Crippen LogP contribution >= 0.6 is 0 Å². The summed E-state index contributed by atoms with van der Waals surface area (Å²) in [6.07, 6.45) is -3.86. The lowest BCUT2D eigenvalue weighted by Crippen LogP contribution is -2.47. The molecule has 0 bridgehead atoms. The average Bonchev–Trinajstić information content (AvgIpc) is 3.28. The number of nitrogens with zero attached hydrogens (tertiary/aromatic N) is 2. The third kappa shape index (κ3) is 6.82. The van der Waals surface area contributed by atoms with Gasteiger partial charge in [-0.3, -0.25) is 0 Å². The van der Waals surface area contributed by atoms with Crippen LogP contribution in [0.4, 0.5) is 37.2 Å². The molecule has 4 rings (SSSR count). The first kappa shape index (κ1) is 27.4. The van der Waals surface area contributed by atoms with Gasteiger partial charge in [0.25, 0.3) is 0 Å². The van der Waals surface area contributed by atoms with Crippen molar-refractivity contribution < 1.29 is 41.0 Å². The SMILES string of the molecule is O=C(NCCNC1CCN(c2ccccc2OCC(F)(F)F)CC1)N1C(=O)OC[C@@H]1c1ccc(F)c(F)c1. The number of carbonyl (C=O) groups excluding carboxylic acids is 2. The Kier molecular flexibility index (Phi) is 8.55. The van der Waals surface area contributed by atoms with Crippen LogP contribution in [0.15, 0.2) is 42.5 Å². The quantitative estimate of drug-likeness (QED) is 0.381. The van der Waals surface area contributed by atoms with Crippen LogP contribution in [-0.2, 0) is 4.74 Å². The zero-order valence-corrected chi connectivity index (χ0v) is 20.3. The van der Waals surface area contributed by atoms with Crippen LogP contribution in [0.2, 0.25) is 0 Å². The summed E-state index contributed by atoms with van der Waals surface area (Å²) in [6, 6.07) is 8.29. The molecule has 0 radical (unpaired) electrons. The number of piperidine rings is 1. The minimum absolute atomic E-state index is 0.123. The van der Waals surface area contributed by atoms with Crippen LogP contribution in [0, 0.1) is 11.6 Å². The molecule has 2 aromatic rings. The van der Waals surface area contributed by atoms with Gasteiger partial charge in [-0.15, -0.1) is 0 Å². The molecule has 2 N–H and O–H groups in total. The fourth-order valence-corrected chi connectivity index (χ4v) is 4.47. The van der Waals surface area contributed by atoms with Gasteiger partial charge in [0.15, 0.2) is 18.2 Å². The predicted molar refractivity (Wildman–Crippen MR) is 127 cm³/mol. The number of hydrogen-bond donors (Lipinski definition) is 2. The van der Waals surface area contributed by atoms with Gasteiger partial charge < -0.3 is 25.0 Å². The highest BCUT2D eigenvalue weighted by molar-refractivity contribution is 5.92. The highest BCUT2D eigenvalue weighted by Gasteiger charge is 2.39. The summed E-state index contributed by atoms with van der Waals surface area (Å²) in [5.74, 6) is -1.94. The van der Waals surface area contributed by atoms with Crippen molar-refractivity contribution in [2.24, 2.45) is 0 Å². The van der Waals surface area contributed by atoms with Gasteiger partial charge in [-0.25, -0.2) is 23.3 Å². The smallest absolute Gasteiger partial charge is 0.422 e. The first-order valence-electron chi connectivity index (χ1n) is 12.1. The minimum atomic E-state index is -4.42. The van der Waals surface area contributed by atoms with Crippen molar-refractivity contribution in [1.29, 1.82) is 0 Å². The van der Waals surface area contributed by atoms with E-state index in [2.05, 4.69) is 10.6 Å². The van der Waals surface area contributed by atoms with Crippen molar-refractivity contribution in [1.82, 2.24) is 15.5 Å². The molecule has 1 atom stereocenters. The Morgan fingerprint density at radius 2 is 1.79 bits per heavy atom. The number of ether oxygens (including phenoxy) is 2. The number of nitrogens with one attached hydrogen (secondary N) is 2. The summed E-state index contributed by atoms with van der Waals surface area (Å²) in [7, 11) is 0. The molecule has 2 aliphatic heterocycles. The van der Waals surface area contributed by atoms with E-state index in [1.165, 1.54) is 12.1 Å². The number of rotatable bonds is 8. The third-order valence-corrected chi connectivity index (χ3v) is 6.35. The number of urea groups is 1. The van der Waals surface area contributed by atoms with Gasteiger partial charge in [0, 0.05) is 32.2 Å².